The predicted octanol–water partition coefficient (Wildman–Crippen LogP) is 7.90. The maximum Gasteiger partial charge on any atom is 0.472 e. The molecule has 0 amide bonds. The van der Waals surface area contributed by atoms with Gasteiger partial charge < -0.3 is 18.9 Å². The number of likely N-dealkylation sites (N-methyl/N-ethyl adjacent to an activating group) is 1. The number of allylic oxidation sites excluding steroid dienone is 2. The smallest absolute Gasteiger partial charge is 0.462 e. The van der Waals surface area contributed by atoms with Gasteiger partial charge in [0.1, 0.15) is 19.8 Å². The molecule has 0 heterocycles. The van der Waals surface area contributed by atoms with Gasteiger partial charge in [-0.3, -0.25) is 18.6 Å². The molecule has 248 valence electrons. The highest BCUT2D eigenvalue weighted by atomic mass is 31.2. The molecule has 0 aromatic carbocycles. The molecule has 0 saturated carbocycles. The Morgan fingerprint density at radius 3 is 1.81 bits per heavy atom. The lowest BCUT2D eigenvalue weighted by Crippen LogP contribution is -2.37. The normalized spacial score (nSPS) is 14.1. The highest BCUT2D eigenvalue weighted by Crippen LogP contribution is 2.43. The fourth-order valence-corrected chi connectivity index (χ4v) is 4.86. The van der Waals surface area contributed by atoms with E-state index in [-0.39, 0.29) is 26.1 Å². The van der Waals surface area contributed by atoms with Gasteiger partial charge in [-0.05, 0) is 38.5 Å². The molecule has 0 aliphatic rings. The molecule has 0 saturated heterocycles. The van der Waals surface area contributed by atoms with Crippen LogP contribution >= 0.6 is 7.82 Å². The molecule has 0 aliphatic heterocycles. The Labute approximate surface area is 256 Å². The number of phosphoric acid groups is 1. The topological polar surface area (TPSA) is 108 Å². The summed E-state index contributed by atoms with van der Waals surface area (Å²) in [5.74, 6) is -0.838. The molecule has 1 unspecified atom stereocenters. The first kappa shape index (κ1) is 40.8. The number of ether oxygens (including phenoxy) is 2. The second kappa shape index (κ2) is 26.2. The van der Waals surface area contributed by atoms with Crippen LogP contribution in [0.1, 0.15) is 129 Å². The minimum absolute atomic E-state index is 0.0314. The summed E-state index contributed by atoms with van der Waals surface area (Å²) in [5.41, 5.74) is 0. The zero-order valence-electron chi connectivity index (χ0n) is 27.5. The van der Waals surface area contributed by atoms with E-state index < -0.39 is 32.5 Å². The Hall–Kier alpha value is -1.25. The first-order chi connectivity index (χ1) is 20.0. The Kier molecular flexibility index (Phi) is 25.4. The molecule has 2 atom stereocenters. The summed E-state index contributed by atoms with van der Waals surface area (Å²) in [5, 5.41) is 0. The van der Waals surface area contributed by atoms with Crippen LogP contribution in [0.5, 0.6) is 0 Å². The Bertz CT molecular complexity index is 753. The van der Waals surface area contributed by atoms with Crippen LogP contribution in [-0.2, 0) is 32.7 Å². The molecule has 0 aliphatic carbocycles. The maximum atomic E-state index is 12.5. The lowest BCUT2D eigenvalue weighted by molar-refractivity contribution is -0.870. The minimum Gasteiger partial charge on any atom is -0.462 e. The summed E-state index contributed by atoms with van der Waals surface area (Å²) in [4.78, 5) is 34.5. The van der Waals surface area contributed by atoms with E-state index in [2.05, 4.69) is 19.1 Å². The summed E-state index contributed by atoms with van der Waals surface area (Å²) < 4.78 is 33.7. The van der Waals surface area contributed by atoms with Crippen molar-refractivity contribution >= 4 is 19.8 Å². The van der Waals surface area contributed by atoms with Gasteiger partial charge in [0.05, 0.1) is 27.7 Å². The highest BCUT2D eigenvalue weighted by Gasteiger charge is 2.27. The molecule has 1 N–H and O–H groups in total. The largest absolute Gasteiger partial charge is 0.472 e. The van der Waals surface area contributed by atoms with Gasteiger partial charge in [-0.1, -0.05) is 90.2 Å². The molecule has 0 radical (unpaired) electrons. The van der Waals surface area contributed by atoms with E-state index in [0.717, 1.165) is 51.4 Å². The van der Waals surface area contributed by atoms with Gasteiger partial charge in [0.15, 0.2) is 6.10 Å². The average molecular weight is 621 g/mol. The SMILES string of the molecule is CCCCCCCC/C=C\CCCCCCCC(=O)O[C@@H](COC(=O)CCCCC)COP(=O)(O)OCC[N+](C)(C)C. The molecule has 10 heteroatoms. The van der Waals surface area contributed by atoms with Gasteiger partial charge in [-0.15, -0.1) is 0 Å². The third kappa shape index (κ3) is 28.9. The number of hydrogen-bond acceptors (Lipinski definition) is 7. The molecule has 0 aromatic heterocycles. The van der Waals surface area contributed by atoms with Crippen molar-refractivity contribution in [2.75, 3.05) is 47.5 Å². The summed E-state index contributed by atoms with van der Waals surface area (Å²) in [6.45, 7) is 4.19. The van der Waals surface area contributed by atoms with Crippen LogP contribution in [0.4, 0.5) is 0 Å². The van der Waals surface area contributed by atoms with E-state index >= 15 is 0 Å². The number of carbonyl (C=O) groups excluding carboxylic acids is 2. The standard InChI is InChI=1S/C32H62NO8P/c1-6-8-10-11-12-13-14-15-16-17-18-19-20-21-23-25-32(35)41-30(28-38-31(34)24-22-9-7-2)29-40-42(36,37)39-27-26-33(3,4)5/h15-16,30H,6-14,17-29H2,1-5H3/p+1/b16-15-/t30-/m0/s1. The number of esters is 2. The molecule has 0 rings (SSSR count). The van der Waals surface area contributed by atoms with Crippen molar-refractivity contribution in [1.82, 2.24) is 0 Å². The fourth-order valence-electron chi connectivity index (χ4n) is 4.12. The maximum absolute atomic E-state index is 12.5. The van der Waals surface area contributed by atoms with Crippen LogP contribution in [0.15, 0.2) is 12.2 Å². The van der Waals surface area contributed by atoms with Crippen molar-refractivity contribution in [1.29, 1.82) is 0 Å². The van der Waals surface area contributed by atoms with E-state index in [9.17, 15) is 19.0 Å². The fraction of sp³-hybridized carbons (Fsp3) is 0.875. The van der Waals surface area contributed by atoms with Crippen molar-refractivity contribution in [2.24, 2.45) is 0 Å². The molecule has 42 heavy (non-hydrogen) atoms. The molecule has 0 fully saturated rings. The van der Waals surface area contributed by atoms with Crippen molar-refractivity contribution in [2.45, 2.75) is 136 Å². The number of phosphoric ester groups is 1. The van der Waals surface area contributed by atoms with E-state index in [0.29, 0.717) is 17.4 Å². The lowest BCUT2D eigenvalue weighted by Gasteiger charge is -2.24. The van der Waals surface area contributed by atoms with Crippen molar-refractivity contribution in [3.63, 3.8) is 0 Å². The van der Waals surface area contributed by atoms with Crippen LogP contribution in [0.25, 0.3) is 0 Å². The van der Waals surface area contributed by atoms with Crippen molar-refractivity contribution in [3.8, 4) is 0 Å². The van der Waals surface area contributed by atoms with Gasteiger partial charge in [0.2, 0.25) is 0 Å². The van der Waals surface area contributed by atoms with Crippen molar-refractivity contribution in [3.05, 3.63) is 12.2 Å². The van der Waals surface area contributed by atoms with Gasteiger partial charge in [0, 0.05) is 12.8 Å². The number of rotatable bonds is 29. The summed E-state index contributed by atoms with van der Waals surface area (Å²) >= 11 is 0. The van der Waals surface area contributed by atoms with Crippen LogP contribution in [-0.4, -0.2) is 74.9 Å². The Morgan fingerprint density at radius 2 is 1.21 bits per heavy atom. The van der Waals surface area contributed by atoms with Crippen molar-refractivity contribution < 1.29 is 42.1 Å². The second-order valence-corrected chi connectivity index (χ2v) is 13.7. The van der Waals surface area contributed by atoms with Crippen LogP contribution < -0.4 is 0 Å². The zero-order valence-corrected chi connectivity index (χ0v) is 28.4. The summed E-state index contributed by atoms with van der Waals surface area (Å²) in [6.07, 6.45) is 22.0. The molecule has 0 bridgehead atoms. The summed E-state index contributed by atoms with van der Waals surface area (Å²) in [6, 6.07) is 0. The molecule has 0 spiro atoms. The number of hydrogen-bond donors (Lipinski definition) is 1. The number of nitrogens with zero attached hydrogens (tertiary/aromatic N) is 1. The number of quaternary nitrogens is 1. The Balaban J connectivity index is 4.32. The van der Waals surface area contributed by atoms with E-state index in [4.69, 9.17) is 18.5 Å². The lowest BCUT2D eigenvalue weighted by atomic mass is 10.1. The van der Waals surface area contributed by atoms with Gasteiger partial charge in [-0.2, -0.15) is 0 Å². The highest BCUT2D eigenvalue weighted by molar-refractivity contribution is 7.47. The van der Waals surface area contributed by atoms with Crippen LogP contribution in [0, 0.1) is 0 Å². The van der Waals surface area contributed by atoms with E-state index in [1.165, 1.54) is 44.9 Å². The first-order valence-corrected chi connectivity index (χ1v) is 17.9. The molecule has 0 aromatic rings. The number of unbranched alkanes of at least 4 members (excludes halogenated alkanes) is 13. The number of carbonyl (C=O) groups is 2. The third-order valence-corrected chi connectivity index (χ3v) is 7.78. The van der Waals surface area contributed by atoms with Crippen LogP contribution in [0.3, 0.4) is 0 Å². The molecule has 9 nitrogen and oxygen atoms in total. The van der Waals surface area contributed by atoms with E-state index in [1.807, 2.05) is 28.1 Å². The molecular formula is C32H63NO8P+. The van der Waals surface area contributed by atoms with E-state index in [1.54, 1.807) is 0 Å². The van der Waals surface area contributed by atoms with Gasteiger partial charge >= 0.3 is 19.8 Å². The van der Waals surface area contributed by atoms with Gasteiger partial charge in [-0.25, -0.2) is 4.57 Å². The second-order valence-electron chi connectivity index (χ2n) is 12.2. The third-order valence-electron chi connectivity index (χ3n) is 6.80. The quantitative estimate of drug-likeness (QED) is 0.0296. The average Bonchev–Trinajstić information content (AvgIpc) is 2.91. The molecular weight excluding hydrogens is 557 g/mol. The summed E-state index contributed by atoms with van der Waals surface area (Å²) in [7, 11) is 1.47. The monoisotopic (exact) mass is 620 g/mol. The Morgan fingerprint density at radius 1 is 0.714 bits per heavy atom. The van der Waals surface area contributed by atoms with Crippen LogP contribution in [0.2, 0.25) is 0 Å². The first-order valence-electron chi connectivity index (χ1n) is 16.4. The minimum atomic E-state index is -4.35. The predicted molar refractivity (Wildman–Crippen MR) is 169 cm³/mol. The zero-order chi connectivity index (χ0) is 31.5. The van der Waals surface area contributed by atoms with Gasteiger partial charge in [0.25, 0.3) is 0 Å².